The number of ether oxygens (including phenoxy) is 1. The predicted octanol–water partition coefficient (Wildman–Crippen LogP) is 3.95. The highest BCUT2D eigenvalue weighted by atomic mass is 32.2. The van der Waals surface area contributed by atoms with Crippen LogP contribution in [0.5, 0.6) is 5.75 Å². The molecule has 1 aliphatic heterocycles. The first-order valence-electron chi connectivity index (χ1n) is 12.6. The van der Waals surface area contributed by atoms with Gasteiger partial charge in [0.2, 0.25) is 10.0 Å². The van der Waals surface area contributed by atoms with Crippen molar-refractivity contribution in [1.29, 1.82) is 0 Å². The molecule has 8 nitrogen and oxygen atoms in total. The summed E-state index contributed by atoms with van der Waals surface area (Å²) < 4.78 is 35.2. The molecule has 0 saturated heterocycles. The van der Waals surface area contributed by atoms with Crippen molar-refractivity contribution in [2.24, 2.45) is 5.92 Å². The Morgan fingerprint density at radius 3 is 2.45 bits per heavy atom. The maximum atomic E-state index is 13.7. The molecule has 0 saturated carbocycles. The van der Waals surface area contributed by atoms with Crippen molar-refractivity contribution in [2.75, 3.05) is 26.7 Å². The number of carboxylic acids is 1. The average Bonchev–Trinajstić information content (AvgIpc) is 2.90. The van der Waals surface area contributed by atoms with Crippen LogP contribution in [0.4, 0.5) is 0 Å². The number of aliphatic hydroxyl groups excluding tert-OH is 1. The van der Waals surface area contributed by atoms with Gasteiger partial charge in [-0.2, -0.15) is 4.31 Å². The fourth-order valence-electron chi connectivity index (χ4n) is 4.78. The maximum absolute atomic E-state index is 13.7. The molecule has 0 aliphatic carbocycles. The van der Waals surface area contributed by atoms with Crippen LogP contribution in [0.3, 0.4) is 0 Å². The van der Waals surface area contributed by atoms with E-state index in [4.69, 9.17) is 4.74 Å². The summed E-state index contributed by atoms with van der Waals surface area (Å²) in [5.74, 6) is -0.937. The highest BCUT2D eigenvalue weighted by molar-refractivity contribution is 7.89. The highest BCUT2D eigenvalue weighted by Gasteiger charge is 2.38. The number of fused-ring (bicyclic) bond motifs is 1. The molecular weight excluding hydrogens is 504 g/mol. The van der Waals surface area contributed by atoms with Crippen molar-refractivity contribution in [2.45, 2.75) is 37.4 Å². The summed E-state index contributed by atoms with van der Waals surface area (Å²) in [6.45, 7) is 4.32. The number of nitrogens with zero attached hydrogens (tertiary/aromatic N) is 2. The Morgan fingerprint density at radius 2 is 1.76 bits per heavy atom. The number of hydrogen-bond donors (Lipinski definition) is 2. The molecule has 3 aromatic rings. The fourth-order valence-corrected chi connectivity index (χ4v) is 6.61. The van der Waals surface area contributed by atoms with Gasteiger partial charge in [-0.15, -0.1) is 0 Å². The molecule has 1 heterocycles. The predicted molar refractivity (Wildman–Crippen MR) is 146 cm³/mol. The van der Waals surface area contributed by atoms with Gasteiger partial charge in [0.05, 0.1) is 12.2 Å². The zero-order valence-corrected chi connectivity index (χ0v) is 22.6. The van der Waals surface area contributed by atoms with Crippen LogP contribution >= 0.6 is 0 Å². The Kier molecular flexibility index (Phi) is 8.52. The minimum atomic E-state index is -3.93. The molecule has 4 rings (SSSR count). The van der Waals surface area contributed by atoms with Crippen molar-refractivity contribution >= 4 is 16.0 Å². The third-order valence-corrected chi connectivity index (χ3v) is 8.97. The monoisotopic (exact) mass is 538 g/mol. The van der Waals surface area contributed by atoms with E-state index in [1.807, 2.05) is 55.3 Å². The lowest BCUT2D eigenvalue weighted by Crippen LogP contribution is -2.49. The van der Waals surface area contributed by atoms with E-state index in [1.54, 1.807) is 43.3 Å². The SMILES string of the molecule is C[C@H](CO)N1C[C@H](C)[C@@H](CN(C)Cc2ccccc2C(=O)O)Oc2cc(-c3ccccc3)ccc2S1(=O)=O. The highest BCUT2D eigenvalue weighted by Crippen LogP contribution is 2.36. The van der Waals surface area contributed by atoms with Gasteiger partial charge in [0.15, 0.2) is 0 Å². The van der Waals surface area contributed by atoms with Crippen LogP contribution in [0.25, 0.3) is 11.1 Å². The topological polar surface area (TPSA) is 107 Å². The summed E-state index contributed by atoms with van der Waals surface area (Å²) in [6, 6.07) is 21.0. The van der Waals surface area contributed by atoms with E-state index in [2.05, 4.69) is 0 Å². The molecule has 0 spiro atoms. The zero-order chi connectivity index (χ0) is 27.4. The first kappa shape index (κ1) is 27.8. The lowest BCUT2D eigenvalue weighted by molar-refractivity contribution is 0.0686. The summed E-state index contributed by atoms with van der Waals surface area (Å²) in [6.07, 6.45) is -0.398. The van der Waals surface area contributed by atoms with E-state index in [1.165, 1.54) is 4.31 Å². The molecule has 38 heavy (non-hydrogen) atoms. The van der Waals surface area contributed by atoms with Crippen LogP contribution < -0.4 is 4.74 Å². The summed E-state index contributed by atoms with van der Waals surface area (Å²) in [4.78, 5) is 13.7. The van der Waals surface area contributed by atoms with Crippen LogP contribution in [-0.2, 0) is 16.6 Å². The molecule has 2 N–H and O–H groups in total. The first-order chi connectivity index (χ1) is 18.1. The van der Waals surface area contributed by atoms with E-state index in [0.29, 0.717) is 18.7 Å². The van der Waals surface area contributed by atoms with E-state index in [-0.39, 0.29) is 35.3 Å². The third-order valence-electron chi connectivity index (χ3n) is 6.95. The van der Waals surface area contributed by atoms with Crippen LogP contribution in [0.15, 0.2) is 77.7 Å². The Morgan fingerprint density at radius 1 is 1.08 bits per heavy atom. The number of aliphatic hydroxyl groups is 1. The molecule has 3 atom stereocenters. The van der Waals surface area contributed by atoms with Crippen LogP contribution in [0, 0.1) is 5.92 Å². The Bertz CT molecular complexity index is 1380. The third kappa shape index (κ3) is 5.91. The number of benzene rings is 3. The number of sulfonamides is 1. The molecule has 3 aromatic carbocycles. The fraction of sp³-hybridized carbons (Fsp3) is 0.345. The molecule has 0 unspecified atom stereocenters. The lowest BCUT2D eigenvalue weighted by atomic mass is 10.0. The maximum Gasteiger partial charge on any atom is 0.336 e. The summed E-state index contributed by atoms with van der Waals surface area (Å²) in [5, 5.41) is 19.4. The van der Waals surface area contributed by atoms with Crippen LogP contribution in [0.2, 0.25) is 0 Å². The lowest BCUT2D eigenvalue weighted by Gasteiger charge is -2.37. The Hall–Kier alpha value is -3.24. The molecule has 1 aliphatic rings. The van der Waals surface area contributed by atoms with E-state index < -0.39 is 28.1 Å². The van der Waals surface area contributed by atoms with Gasteiger partial charge in [-0.3, -0.25) is 4.90 Å². The second kappa shape index (κ2) is 11.7. The smallest absolute Gasteiger partial charge is 0.336 e. The average molecular weight is 539 g/mol. The van der Waals surface area contributed by atoms with Gasteiger partial charge in [-0.05, 0) is 48.9 Å². The van der Waals surface area contributed by atoms with Crippen molar-refractivity contribution in [3.05, 3.63) is 83.9 Å². The quantitative estimate of drug-likeness (QED) is 0.447. The number of likely N-dealkylation sites (N-methyl/N-ethyl adjacent to an activating group) is 1. The minimum absolute atomic E-state index is 0.0632. The van der Waals surface area contributed by atoms with Crippen molar-refractivity contribution in [3.8, 4) is 16.9 Å². The Balaban J connectivity index is 1.71. The Labute approximate surface area is 224 Å². The van der Waals surface area contributed by atoms with Gasteiger partial charge < -0.3 is 14.9 Å². The van der Waals surface area contributed by atoms with Crippen LogP contribution in [-0.4, -0.2) is 72.7 Å². The molecule has 0 aromatic heterocycles. The van der Waals surface area contributed by atoms with E-state index in [9.17, 15) is 23.4 Å². The number of hydrogen-bond acceptors (Lipinski definition) is 6. The van der Waals surface area contributed by atoms with Gasteiger partial charge in [0, 0.05) is 31.6 Å². The van der Waals surface area contributed by atoms with Crippen molar-refractivity contribution in [3.63, 3.8) is 0 Å². The zero-order valence-electron chi connectivity index (χ0n) is 21.8. The minimum Gasteiger partial charge on any atom is -0.487 e. The summed E-state index contributed by atoms with van der Waals surface area (Å²) >= 11 is 0. The molecular formula is C29H34N2O6S. The van der Waals surface area contributed by atoms with Crippen molar-refractivity contribution in [1.82, 2.24) is 9.21 Å². The van der Waals surface area contributed by atoms with Gasteiger partial charge in [-0.25, -0.2) is 13.2 Å². The van der Waals surface area contributed by atoms with Gasteiger partial charge in [0.25, 0.3) is 0 Å². The van der Waals surface area contributed by atoms with Gasteiger partial charge in [0.1, 0.15) is 16.7 Å². The van der Waals surface area contributed by atoms with E-state index >= 15 is 0 Å². The van der Waals surface area contributed by atoms with Crippen molar-refractivity contribution < 1.29 is 28.2 Å². The first-order valence-corrected chi connectivity index (χ1v) is 14.0. The molecule has 0 bridgehead atoms. The molecule has 202 valence electrons. The standard InChI is InChI=1S/C29H34N2O6S/c1-20-16-31(21(2)19-32)38(35,36)28-14-13-23(22-9-5-4-6-10-22)15-26(28)37-27(20)18-30(3)17-24-11-7-8-12-25(24)29(33)34/h4-15,20-21,27,32H,16-19H2,1-3H3,(H,33,34)/t20-,21+,27+/m0/s1. The molecule has 0 fully saturated rings. The van der Waals surface area contributed by atoms with Gasteiger partial charge >= 0.3 is 5.97 Å². The summed E-state index contributed by atoms with van der Waals surface area (Å²) in [5.41, 5.74) is 2.70. The van der Waals surface area contributed by atoms with E-state index in [0.717, 1.165) is 11.1 Å². The van der Waals surface area contributed by atoms with Crippen LogP contribution in [0.1, 0.15) is 29.8 Å². The van der Waals surface area contributed by atoms with Gasteiger partial charge in [-0.1, -0.05) is 61.5 Å². The molecule has 0 radical (unpaired) electrons. The largest absolute Gasteiger partial charge is 0.487 e. The number of aromatic carboxylic acids is 1. The number of rotatable bonds is 8. The molecule has 0 amide bonds. The second-order valence-electron chi connectivity index (χ2n) is 9.93. The molecule has 9 heteroatoms. The normalized spacial score (nSPS) is 20.1. The number of carbonyl (C=O) groups is 1. The number of carboxylic acid groups (broad SMARTS) is 1. The second-order valence-corrected chi connectivity index (χ2v) is 11.8. The summed E-state index contributed by atoms with van der Waals surface area (Å²) in [7, 11) is -2.04.